The number of ether oxygens (including phenoxy) is 1. The Bertz CT molecular complexity index is 1420. The number of hydrogen-bond acceptors (Lipinski definition) is 5. The van der Waals surface area contributed by atoms with Crippen LogP contribution in [0.5, 0.6) is 0 Å². The fourth-order valence-corrected chi connectivity index (χ4v) is 4.07. The average molecular weight is 470 g/mol. The van der Waals surface area contributed by atoms with Crippen molar-refractivity contribution in [1.82, 2.24) is 9.78 Å². The number of aromatic nitrogens is 2. The van der Waals surface area contributed by atoms with Crippen molar-refractivity contribution in [3.8, 4) is 11.3 Å². The van der Waals surface area contributed by atoms with Gasteiger partial charge in [-0.3, -0.25) is 9.59 Å². The summed E-state index contributed by atoms with van der Waals surface area (Å²) < 4.78 is 5.99. The van der Waals surface area contributed by atoms with Crippen LogP contribution in [0.25, 0.3) is 22.0 Å². The standard InChI is InChI=1S/C28H27N3O4/c1-4-19-10-16-22(17-11-19)30(5-2)25(32)18-31-27(33)24-9-7-6-8-23(24)26(29-31)20-12-14-21(15-13-20)28(34)35-3/h6-17H,4-5,18H2,1-3H3. The first-order valence-electron chi connectivity index (χ1n) is 11.5. The van der Waals surface area contributed by atoms with Gasteiger partial charge < -0.3 is 9.64 Å². The molecule has 1 heterocycles. The summed E-state index contributed by atoms with van der Waals surface area (Å²) >= 11 is 0. The molecule has 0 fully saturated rings. The van der Waals surface area contributed by atoms with Gasteiger partial charge in [0.2, 0.25) is 5.91 Å². The number of fused-ring (bicyclic) bond motifs is 1. The quantitative estimate of drug-likeness (QED) is 0.373. The Morgan fingerprint density at radius 3 is 2.17 bits per heavy atom. The normalized spacial score (nSPS) is 10.8. The highest BCUT2D eigenvalue weighted by Crippen LogP contribution is 2.25. The minimum absolute atomic E-state index is 0.194. The molecule has 0 aliphatic rings. The van der Waals surface area contributed by atoms with Crippen molar-refractivity contribution in [3.05, 3.63) is 94.3 Å². The third-order valence-electron chi connectivity index (χ3n) is 6.01. The lowest BCUT2D eigenvalue weighted by Gasteiger charge is -2.22. The Kier molecular flexibility index (Phi) is 7.06. The highest BCUT2D eigenvalue weighted by atomic mass is 16.5. The van der Waals surface area contributed by atoms with Crippen molar-refractivity contribution in [3.63, 3.8) is 0 Å². The van der Waals surface area contributed by atoms with Crippen LogP contribution in [0.2, 0.25) is 0 Å². The van der Waals surface area contributed by atoms with E-state index in [1.807, 2.05) is 43.3 Å². The first-order valence-corrected chi connectivity index (χ1v) is 11.5. The summed E-state index contributed by atoms with van der Waals surface area (Å²) in [5.41, 5.74) is 3.32. The number of esters is 1. The molecule has 1 aromatic heterocycles. The van der Waals surface area contributed by atoms with E-state index in [1.165, 1.54) is 17.4 Å². The van der Waals surface area contributed by atoms with Gasteiger partial charge >= 0.3 is 5.97 Å². The molecular formula is C28H27N3O4. The Morgan fingerprint density at radius 2 is 1.57 bits per heavy atom. The zero-order valence-corrected chi connectivity index (χ0v) is 20.0. The third kappa shape index (κ3) is 4.84. The molecule has 178 valence electrons. The van der Waals surface area contributed by atoms with Gasteiger partial charge in [0.15, 0.2) is 0 Å². The zero-order valence-electron chi connectivity index (χ0n) is 20.0. The van der Waals surface area contributed by atoms with E-state index in [0.29, 0.717) is 28.6 Å². The SMILES string of the molecule is CCc1ccc(N(CC)C(=O)Cn2nc(-c3ccc(C(=O)OC)cc3)c3ccccc3c2=O)cc1. The van der Waals surface area contributed by atoms with E-state index in [4.69, 9.17) is 4.74 Å². The summed E-state index contributed by atoms with van der Waals surface area (Å²) in [7, 11) is 1.33. The first-order chi connectivity index (χ1) is 17.0. The number of carbonyl (C=O) groups is 2. The third-order valence-corrected chi connectivity index (χ3v) is 6.01. The second-order valence-corrected chi connectivity index (χ2v) is 8.08. The maximum absolute atomic E-state index is 13.3. The van der Waals surface area contributed by atoms with Gasteiger partial charge in [0.05, 0.1) is 23.8 Å². The minimum atomic E-state index is -0.434. The van der Waals surface area contributed by atoms with E-state index in [9.17, 15) is 14.4 Å². The largest absolute Gasteiger partial charge is 0.465 e. The van der Waals surface area contributed by atoms with Crippen LogP contribution < -0.4 is 10.5 Å². The van der Waals surface area contributed by atoms with Crippen LogP contribution in [0, 0.1) is 0 Å². The number of anilines is 1. The number of hydrogen-bond donors (Lipinski definition) is 0. The van der Waals surface area contributed by atoms with Crippen LogP contribution in [0.4, 0.5) is 5.69 Å². The number of amides is 1. The molecule has 0 saturated carbocycles. The van der Waals surface area contributed by atoms with Crippen LogP contribution in [0.3, 0.4) is 0 Å². The van der Waals surface area contributed by atoms with Crippen molar-refractivity contribution in [1.29, 1.82) is 0 Å². The van der Waals surface area contributed by atoms with Crippen molar-refractivity contribution < 1.29 is 14.3 Å². The number of methoxy groups -OCH3 is 1. The maximum Gasteiger partial charge on any atom is 0.337 e. The van der Waals surface area contributed by atoms with Gasteiger partial charge in [0.1, 0.15) is 6.54 Å². The first kappa shape index (κ1) is 23.9. The van der Waals surface area contributed by atoms with E-state index >= 15 is 0 Å². The molecule has 3 aromatic carbocycles. The van der Waals surface area contributed by atoms with E-state index in [-0.39, 0.29) is 18.0 Å². The van der Waals surface area contributed by atoms with Crippen LogP contribution in [-0.4, -0.2) is 35.3 Å². The molecule has 0 aliphatic carbocycles. The Balaban J connectivity index is 1.73. The molecule has 0 saturated heterocycles. The van der Waals surface area contributed by atoms with E-state index in [2.05, 4.69) is 12.0 Å². The van der Waals surface area contributed by atoms with Gasteiger partial charge in [-0.1, -0.05) is 49.4 Å². The molecule has 7 heteroatoms. The molecule has 0 bridgehead atoms. The summed E-state index contributed by atoms with van der Waals surface area (Å²) in [6.45, 7) is 4.25. The predicted octanol–water partition coefficient (Wildman–Crippen LogP) is 4.47. The average Bonchev–Trinajstić information content (AvgIpc) is 2.90. The van der Waals surface area contributed by atoms with E-state index in [0.717, 1.165) is 17.7 Å². The molecule has 0 N–H and O–H groups in total. The molecule has 0 unspecified atom stereocenters. The number of carbonyl (C=O) groups excluding carboxylic acids is 2. The van der Waals surface area contributed by atoms with Gasteiger partial charge in [0.25, 0.3) is 5.56 Å². The summed E-state index contributed by atoms with van der Waals surface area (Å²) in [4.78, 5) is 40.0. The lowest BCUT2D eigenvalue weighted by atomic mass is 10.0. The second kappa shape index (κ2) is 10.3. The molecule has 0 radical (unpaired) electrons. The number of aryl methyl sites for hydroxylation is 1. The van der Waals surface area contributed by atoms with Crippen LogP contribution in [-0.2, 0) is 22.5 Å². The molecule has 0 aliphatic heterocycles. The molecule has 4 rings (SSSR count). The second-order valence-electron chi connectivity index (χ2n) is 8.08. The number of likely N-dealkylation sites (N-methyl/N-ethyl adjacent to an activating group) is 1. The lowest BCUT2D eigenvalue weighted by molar-refractivity contribution is -0.119. The molecule has 4 aromatic rings. The van der Waals surface area contributed by atoms with Crippen LogP contribution in [0.15, 0.2) is 77.6 Å². The smallest absolute Gasteiger partial charge is 0.337 e. The minimum Gasteiger partial charge on any atom is -0.465 e. The molecule has 0 atom stereocenters. The van der Waals surface area contributed by atoms with Crippen molar-refractivity contribution >= 4 is 28.3 Å². The maximum atomic E-state index is 13.3. The molecule has 35 heavy (non-hydrogen) atoms. The van der Waals surface area contributed by atoms with E-state index in [1.54, 1.807) is 41.3 Å². The van der Waals surface area contributed by atoms with Gasteiger partial charge in [0, 0.05) is 23.2 Å². The van der Waals surface area contributed by atoms with Gasteiger partial charge in [-0.05, 0) is 49.2 Å². The van der Waals surface area contributed by atoms with Crippen LogP contribution >= 0.6 is 0 Å². The fraction of sp³-hybridized carbons (Fsp3) is 0.214. The highest BCUT2D eigenvalue weighted by molar-refractivity contribution is 5.96. The molecule has 1 amide bonds. The van der Waals surface area contributed by atoms with Gasteiger partial charge in [-0.2, -0.15) is 5.10 Å². The Hall–Kier alpha value is -4.26. The number of benzene rings is 3. The number of nitrogens with zero attached hydrogens (tertiary/aromatic N) is 3. The fourth-order valence-electron chi connectivity index (χ4n) is 4.07. The number of rotatable bonds is 7. The monoisotopic (exact) mass is 469 g/mol. The predicted molar refractivity (Wildman–Crippen MR) is 137 cm³/mol. The summed E-state index contributed by atoms with van der Waals surface area (Å²) in [6, 6.07) is 21.8. The molecule has 0 spiro atoms. The Morgan fingerprint density at radius 1 is 0.914 bits per heavy atom. The topological polar surface area (TPSA) is 81.5 Å². The van der Waals surface area contributed by atoms with Gasteiger partial charge in [-0.15, -0.1) is 0 Å². The molecular weight excluding hydrogens is 442 g/mol. The highest BCUT2D eigenvalue weighted by Gasteiger charge is 2.19. The Labute approximate surface area is 203 Å². The zero-order chi connectivity index (χ0) is 24.9. The summed E-state index contributed by atoms with van der Waals surface area (Å²) in [5, 5.41) is 5.73. The van der Waals surface area contributed by atoms with Gasteiger partial charge in [-0.25, -0.2) is 9.48 Å². The lowest BCUT2D eigenvalue weighted by Crippen LogP contribution is -2.37. The summed E-state index contributed by atoms with van der Waals surface area (Å²) in [6.07, 6.45) is 0.917. The van der Waals surface area contributed by atoms with Crippen molar-refractivity contribution in [2.24, 2.45) is 0 Å². The van der Waals surface area contributed by atoms with Crippen molar-refractivity contribution in [2.75, 3.05) is 18.6 Å². The van der Waals surface area contributed by atoms with Crippen LogP contribution in [0.1, 0.15) is 29.8 Å². The van der Waals surface area contributed by atoms with Crippen molar-refractivity contribution in [2.45, 2.75) is 26.8 Å². The molecule has 7 nitrogen and oxygen atoms in total. The van der Waals surface area contributed by atoms with E-state index < -0.39 is 5.97 Å². The summed E-state index contributed by atoms with van der Waals surface area (Å²) in [5.74, 6) is -0.662.